The first kappa shape index (κ1) is 17.2. The molecule has 24 heavy (non-hydrogen) atoms. The van der Waals surface area contributed by atoms with Crippen molar-refractivity contribution < 1.29 is 9.59 Å². The Hall–Kier alpha value is -3.13. The minimum Gasteiger partial charge on any atom is -0.368 e. The Morgan fingerprint density at radius 1 is 1.04 bits per heavy atom. The standard InChI is InChI=1S/C19H19N3O2/c20-13-16-8-6-15(7-9-16)12-17(19(21)24)22-18(23)11-10-14-4-2-1-3-5-14/h1-9,17H,10-12H2,(H2,21,24)(H,22,23)/t17-/m1/s1. The zero-order valence-electron chi connectivity index (χ0n) is 13.2. The summed E-state index contributed by atoms with van der Waals surface area (Å²) >= 11 is 0. The van der Waals surface area contributed by atoms with Crippen LogP contribution in [-0.2, 0) is 22.4 Å². The van der Waals surface area contributed by atoms with Gasteiger partial charge in [0.15, 0.2) is 0 Å². The normalized spacial score (nSPS) is 11.3. The van der Waals surface area contributed by atoms with Crippen molar-refractivity contribution in [3.05, 3.63) is 71.3 Å². The second kappa shape index (κ2) is 8.49. The van der Waals surface area contributed by atoms with Gasteiger partial charge in [0.1, 0.15) is 6.04 Å². The first-order valence-corrected chi connectivity index (χ1v) is 7.70. The highest BCUT2D eigenvalue weighted by Crippen LogP contribution is 2.07. The molecular formula is C19H19N3O2. The van der Waals surface area contributed by atoms with E-state index in [1.54, 1.807) is 24.3 Å². The number of rotatable bonds is 7. The lowest BCUT2D eigenvalue weighted by atomic mass is 10.0. The van der Waals surface area contributed by atoms with E-state index in [2.05, 4.69) is 5.32 Å². The predicted molar refractivity (Wildman–Crippen MR) is 90.7 cm³/mol. The fourth-order valence-electron chi connectivity index (χ4n) is 2.34. The van der Waals surface area contributed by atoms with Crippen molar-refractivity contribution in [1.82, 2.24) is 5.32 Å². The molecule has 0 aliphatic rings. The number of nitriles is 1. The van der Waals surface area contributed by atoms with Gasteiger partial charge in [0.25, 0.3) is 0 Å². The molecule has 3 N–H and O–H groups in total. The number of nitrogens with zero attached hydrogens (tertiary/aromatic N) is 1. The monoisotopic (exact) mass is 321 g/mol. The summed E-state index contributed by atoms with van der Waals surface area (Å²) in [6.45, 7) is 0. The summed E-state index contributed by atoms with van der Waals surface area (Å²) in [6.07, 6.45) is 1.20. The molecule has 0 spiro atoms. The van der Waals surface area contributed by atoms with Crippen LogP contribution in [0, 0.1) is 11.3 Å². The van der Waals surface area contributed by atoms with Crippen LogP contribution in [0.4, 0.5) is 0 Å². The predicted octanol–water partition coefficient (Wildman–Crippen LogP) is 1.70. The van der Waals surface area contributed by atoms with E-state index in [1.807, 2.05) is 36.4 Å². The Kier molecular flexibility index (Phi) is 6.09. The fourth-order valence-corrected chi connectivity index (χ4v) is 2.34. The third-order valence-electron chi connectivity index (χ3n) is 3.69. The Morgan fingerprint density at radius 3 is 2.29 bits per heavy atom. The van der Waals surface area contributed by atoms with Crippen LogP contribution in [-0.4, -0.2) is 17.9 Å². The maximum Gasteiger partial charge on any atom is 0.240 e. The molecule has 2 amide bonds. The number of nitrogens with two attached hydrogens (primary N) is 1. The van der Waals surface area contributed by atoms with E-state index >= 15 is 0 Å². The number of primary amides is 1. The van der Waals surface area contributed by atoms with Crippen molar-refractivity contribution in [1.29, 1.82) is 5.26 Å². The highest BCUT2D eigenvalue weighted by Gasteiger charge is 2.18. The second-order valence-corrected chi connectivity index (χ2v) is 5.52. The molecule has 1 atom stereocenters. The zero-order chi connectivity index (χ0) is 17.4. The average molecular weight is 321 g/mol. The van der Waals surface area contributed by atoms with Gasteiger partial charge >= 0.3 is 0 Å². The summed E-state index contributed by atoms with van der Waals surface area (Å²) in [4.78, 5) is 23.7. The molecule has 0 bridgehead atoms. The maximum absolute atomic E-state index is 12.1. The lowest BCUT2D eigenvalue weighted by Crippen LogP contribution is -2.45. The quantitative estimate of drug-likeness (QED) is 0.812. The second-order valence-electron chi connectivity index (χ2n) is 5.52. The number of hydrogen-bond donors (Lipinski definition) is 2. The van der Waals surface area contributed by atoms with E-state index < -0.39 is 11.9 Å². The van der Waals surface area contributed by atoms with Gasteiger partial charge < -0.3 is 11.1 Å². The van der Waals surface area contributed by atoms with Gasteiger partial charge in [-0.2, -0.15) is 5.26 Å². The van der Waals surface area contributed by atoms with Gasteiger partial charge in [-0.3, -0.25) is 9.59 Å². The minimum absolute atomic E-state index is 0.212. The van der Waals surface area contributed by atoms with Crippen LogP contribution in [0.2, 0.25) is 0 Å². The molecule has 0 aliphatic heterocycles. The van der Waals surface area contributed by atoms with Gasteiger partial charge in [-0.25, -0.2) is 0 Å². The van der Waals surface area contributed by atoms with E-state index in [1.165, 1.54) is 0 Å². The summed E-state index contributed by atoms with van der Waals surface area (Å²) in [5.74, 6) is -0.788. The van der Waals surface area contributed by atoms with Crippen LogP contribution >= 0.6 is 0 Å². The van der Waals surface area contributed by atoms with Crippen molar-refractivity contribution in [2.24, 2.45) is 5.73 Å². The first-order chi connectivity index (χ1) is 11.6. The minimum atomic E-state index is -0.763. The lowest BCUT2D eigenvalue weighted by Gasteiger charge is -2.15. The van der Waals surface area contributed by atoms with Gasteiger partial charge in [0.05, 0.1) is 11.6 Å². The highest BCUT2D eigenvalue weighted by molar-refractivity contribution is 5.86. The highest BCUT2D eigenvalue weighted by atomic mass is 16.2. The topological polar surface area (TPSA) is 96.0 Å². The van der Waals surface area contributed by atoms with Crippen molar-refractivity contribution in [2.45, 2.75) is 25.3 Å². The fraction of sp³-hybridized carbons (Fsp3) is 0.211. The SMILES string of the molecule is N#Cc1ccc(C[C@@H](NC(=O)CCc2ccccc2)C(N)=O)cc1. The lowest BCUT2D eigenvalue weighted by molar-refractivity contribution is -0.127. The molecule has 2 rings (SSSR count). The summed E-state index contributed by atoms with van der Waals surface area (Å²) < 4.78 is 0. The van der Waals surface area contributed by atoms with Crippen molar-refractivity contribution in [3.8, 4) is 6.07 Å². The van der Waals surface area contributed by atoms with Gasteiger partial charge in [-0.1, -0.05) is 42.5 Å². The average Bonchev–Trinajstić information content (AvgIpc) is 2.61. The smallest absolute Gasteiger partial charge is 0.240 e. The summed E-state index contributed by atoms with van der Waals surface area (Å²) in [5, 5.41) is 11.5. The number of hydrogen-bond acceptors (Lipinski definition) is 3. The van der Waals surface area contributed by atoms with Gasteiger partial charge in [0, 0.05) is 12.8 Å². The molecule has 0 radical (unpaired) electrons. The molecule has 0 saturated carbocycles. The molecule has 5 heteroatoms. The number of aryl methyl sites for hydroxylation is 1. The number of amides is 2. The molecule has 0 saturated heterocycles. The Bertz CT molecular complexity index is 733. The molecule has 0 unspecified atom stereocenters. The number of nitrogens with one attached hydrogen (secondary N) is 1. The molecule has 0 heterocycles. The molecule has 2 aromatic rings. The molecule has 0 fully saturated rings. The van der Waals surface area contributed by atoms with E-state index in [0.29, 0.717) is 24.8 Å². The van der Waals surface area contributed by atoms with Gasteiger partial charge in [0.2, 0.25) is 11.8 Å². The van der Waals surface area contributed by atoms with Crippen LogP contribution in [0.1, 0.15) is 23.1 Å². The van der Waals surface area contributed by atoms with Crippen molar-refractivity contribution in [3.63, 3.8) is 0 Å². The summed E-state index contributed by atoms with van der Waals surface area (Å²) in [5.41, 5.74) is 7.83. The van der Waals surface area contributed by atoms with Crippen molar-refractivity contribution >= 4 is 11.8 Å². The molecule has 0 aliphatic carbocycles. The van der Waals surface area contributed by atoms with Crippen LogP contribution in [0.15, 0.2) is 54.6 Å². The Balaban J connectivity index is 1.91. The van der Waals surface area contributed by atoms with E-state index in [4.69, 9.17) is 11.0 Å². The van der Waals surface area contributed by atoms with Gasteiger partial charge in [-0.05, 0) is 29.7 Å². The molecule has 122 valence electrons. The Labute approximate surface area is 141 Å². The number of carbonyl (C=O) groups excluding carboxylic acids is 2. The van der Waals surface area contributed by atoms with Crippen LogP contribution in [0.5, 0.6) is 0 Å². The largest absolute Gasteiger partial charge is 0.368 e. The van der Waals surface area contributed by atoms with E-state index in [-0.39, 0.29) is 5.91 Å². The summed E-state index contributed by atoms with van der Waals surface area (Å²) in [7, 11) is 0. The first-order valence-electron chi connectivity index (χ1n) is 7.70. The Morgan fingerprint density at radius 2 is 1.71 bits per heavy atom. The number of carbonyl (C=O) groups is 2. The maximum atomic E-state index is 12.1. The van der Waals surface area contributed by atoms with E-state index in [9.17, 15) is 9.59 Å². The zero-order valence-corrected chi connectivity index (χ0v) is 13.2. The summed E-state index contributed by atoms with van der Waals surface area (Å²) in [6, 6.07) is 17.8. The van der Waals surface area contributed by atoms with Gasteiger partial charge in [-0.15, -0.1) is 0 Å². The molecule has 5 nitrogen and oxygen atoms in total. The molecule has 0 aromatic heterocycles. The van der Waals surface area contributed by atoms with Crippen LogP contribution in [0.25, 0.3) is 0 Å². The van der Waals surface area contributed by atoms with Crippen molar-refractivity contribution in [2.75, 3.05) is 0 Å². The van der Waals surface area contributed by atoms with Crippen LogP contribution < -0.4 is 11.1 Å². The third kappa shape index (κ3) is 5.25. The molecular weight excluding hydrogens is 302 g/mol. The van der Waals surface area contributed by atoms with E-state index in [0.717, 1.165) is 11.1 Å². The van der Waals surface area contributed by atoms with Crippen LogP contribution in [0.3, 0.4) is 0 Å². The third-order valence-corrected chi connectivity index (χ3v) is 3.69. The number of benzene rings is 2. The molecule has 2 aromatic carbocycles.